The first-order valence-electron chi connectivity index (χ1n) is 4.10. The SMILES string of the molecule is Cc1cc2ccn(C)cc-2c(=O)n1. The molecule has 0 aromatic rings. The van der Waals surface area contributed by atoms with E-state index in [1.165, 1.54) is 0 Å². The van der Waals surface area contributed by atoms with Crippen LogP contribution in [0.2, 0.25) is 0 Å². The van der Waals surface area contributed by atoms with Crippen molar-refractivity contribution in [3.05, 3.63) is 40.6 Å². The van der Waals surface area contributed by atoms with Crippen LogP contribution in [0.1, 0.15) is 5.69 Å². The van der Waals surface area contributed by atoms with E-state index in [0.717, 1.165) is 11.3 Å². The van der Waals surface area contributed by atoms with Crippen molar-refractivity contribution in [1.82, 2.24) is 9.55 Å². The van der Waals surface area contributed by atoms with E-state index in [1.54, 1.807) is 6.20 Å². The summed E-state index contributed by atoms with van der Waals surface area (Å²) in [5, 5.41) is 0. The van der Waals surface area contributed by atoms with Crippen molar-refractivity contribution >= 4 is 0 Å². The summed E-state index contributed by atoms with van der Waals surface area (Å²) in [6.07, 6.45) is 3.71. The fraction of sp³-hybridized carbons (Fsp3) is 0.200. The second kappa shape index (κ2) is 2.69. The summed E-state index contributed by atoms with van der Waals surface area (Å²) >= 11 is 0. The van der Waals surface area contributed by atoms with Crippen LogP contribution < -0.4 is 5.56 Å². The zero-order valence-corrected chi connectivity index (χ0v) is 7.61. The molecule has 0 aromatic carbocycles. The van der Waals surface area contributed by atoms with Gasteiger partial charge in [-0.3, -0.25) is 4.79 Å². The Bertz CT molecular complexity index is 473. The van der Waals surface area contributed by atoms with Gasteiger partial charge in [-0.1, -0.05) is 0 Å². The van der Waals surface area contributed by atoms with Crippen molar-refractivity contribution in [2.24, 2.45) is 7.05 Å². The van der Waals surface area contributed by atoms with Crippen molar-refractivity contribution in [3.8, 4) is 11.1 Å². The largest absolute Gasteiger partial charge is 0.356 e. The molecule has 2 aliphatic heterocycles. The maximum atomic E-state index is 11.4. The molecule has 3 heteroatoms. The van der Waals surface area contributed by atoms with E-state index in [1.807, 2.05) is 36.9 Å². The summed E-state index contributed by atoms with van der Waals surface area (Å²) in [6.45, 7) is 1.83. The van der Waals surface area contributed by atoms with Crippen molar-refractivity contribution in [2.75, 3.05) is 0 Å². The number of aryl methyl sites for hydroxylation is 2. The molecule has 2 heterocycles. The average molecular weight is 174 g/mol. The number of fused-ring (bicyclic) bond motifs is 1. The van der Waals surface area contributed by atoms with Gasteiger partial charge in [0.2, 0.25) is 0 Å². The first kappa shape index (κ1) is 7.98. The second-order valence-corrected chi connectivity index (χ2v) is 3.18. The van der Waals surface area contributed by atoms with E-state index in [-0.39, 0.29) is 5.56 Å². The molecule has 3 nitrogen and oxygen atoms in total. The van der Waals surface area contributed by atoms with Gasteiger partial charge in [0.25, 0.3) is 5.56 Å². The van der Waals surface area contributed by atoms with Gasteiger partial charge in [0.15, 0.2) is 0 Å². The van der Waals surface area contributed by atoms with Crippen LogP contribution in [0.25, 0.3) is 11.1 Å². The number of aromatic nitrogens is 2. The third-order valence-corrected chi connectivity index (χ3v) is 2.01. The molecule has 0 fully saturated rings. The fourth-order valence-corrected chi connectivity index (χ4v) is 1.39. The zero-order valence-electron chi connectivity index (χ0n) is 7.61. The highest BCUT2D eigenvalue weighted by atomic mass is 16.1. The third kappa shape index (κ3) is 1.33. The summed E-state index contributed by atoms with van der Waals surface area (Å²) in [5.74, 6) is 0. The summed E-state index contributed by atoms with van der Waals surface area (Å²) in [7, 11) is 1.89. The van der Waals surface area contributed by atoms with Gasteiger partial charge in [0.1, 0.15) is 0 Å². The quantitative estimate of drug-likeness (QED) is 0.601. The number of nitrogens with zero attached hydrogens (tertiary/aromatic N) is 2. The maximum absolute atomic E-state index is 11.4. The van der Waals surface area contributed by atoms with E-state index >= 15 is 0 Å². The number of hydrogen-bond donors (Lipinski definition) is 0. The van der Waals surface area contributed by atoms with Crippen LogP contribution >= 0.6 is 0 Å². The Kier molecular flexibility index (Phi) is 1.65. The van der Waals surface area contributed by atoms with Crippen molar-refractivity contribution < 1.29 is 0 Å². The lowest BCUT2D eigenvalue weighted by Gasteiger charge is -2.06. The van der Waals surface area contributed by atoms with Gasteiger partial charge in [-0.25, -0.2) is 4.98 Å². The first-order chi connectivity index (χ1) is 6.16. The van der Waals surface area contributed by atoms with E-state index in [9.17, 15) is 4.79 Å². The molecule has 2 aliphatic rings. The van der Waals surface area contributed by atoms with Crippen molar-refractivity contribution in [1.29, 1.82) is 0 Å². The molecule has 0 radical (unpaired) electrons. The maximum Gasteiger partial charge on any atom is 0.279 e. The normalized spacial score (nSPS) is 10.6. The molecule has 0 unspecified atom stereocenters. The van der Waals surface area contributed by atoms with Crippen molar-refractivity contribution in [3.63, 3.8) is 0 Å². The zero-order chi connectivity index (χ0) is 9.42. The molecule has 13 heavy (non-hydrogen) atoms. The molecule has 0 saturated carbocycles. The van der Waals surface area contributed by atoms with E-state index in [2.05, 4.69) is 4.98 Å². The first-order valence-corrected chi connectivity index (χ1v) is 4.10. The molecule has 0 aliphatic carbocycles. The molecule has 0 aromatic heterocycles. The molecule has 2 rings (SSSR count). The van der Waals surface area contributed by atoms with Gasteiger partial charge in [-0.2, -0.15) is 0 Å². The molecule has 66 valence electrons. The number of pyridine rings is 2. The Morgan fingerprint density at radius 1 is 1.46 bits per heavy atom. The van der Waals surface area contributed by atoms with Gasteiger partial charge in [0.05, 0.1) is 5.56 Å². The standard InChI is InChI=1S/C10H10N2O/c1-7-5-8-3-4-12(2)6-9(8)10(13)11-7/h3-6H,1-2H3. The van der Waals surface area contributed by atoms with Gasteiger partial charge < -0.3 is 4.57 Å². The summed E-state index contributed by atoms with van der Waals surface area (Å²) in [4.78, 5) is 15.3. The number of hydrogen-bond acceptors (Lipinski definition) is 2. The monoisotopic (exact) mass is 174 g/mol. The Morgan fingerprint density at radius 3 is 3.00 bits per heavy atom. The van der Waals surface area contributed by atoms with Crippen LogP contribution in [0.4, 0.5) is 0 Å². The molecular formula is C10H10N2O. The van der Waals surface area contributed by atoms with Gasteiger partial charge >= 0.3 is 0 Å². The Hall–Kier alpha value is -1.64. The molecule has 0 amide bonds. The lowest BCUT2D eigenvalue weighted by molar-refractivity contribution is 0.900. The van der Waals surface area contributed by atoms with Gasteiger partial charge in [0, 0.05) is 25.1 Å². The highest BCUT2D eigenvalue weighted by molar-refractivity contribution is 5.62. The van der Waals surface area contributed by atoms with E-state index in [4.69, 9.17) is 0 Å². The Morgan fingerprint density at radius 2 is 2.23 bits per heavy atom. The van der Waals surface area contributed by atoms with Crippen LogP contribution in [0.5, 0.6) is 0 Å². The molecule has 0 atom stereocenters. The van der Waals surface area contributed by atoms with E-state index < -0.39 is 0 Å². The minimum atomic E-state index is -0.147. The average Bonchev–Trinajstić information content (AvgIpc) is 2.06. The predicted molar refractivity (Wildman–Crippen MR) is 50.8 cm³/mol. The predicted octanol–water partition coefficient (Wildman–Crippen LogP) is 1.19. The summed E-state index contributed by atoms with van der Waals surface area (Å²) in [6, 6.07) is 3.84. The highest BCUT2D eigenvalue weighted by Crippen LogP contribution is 2.15. The van der Waals surface area contributed by atoms with Gasteiger partial charge in [-0.15, -0.1) is 0 Å². The smallest absolute Gasteiger partial charge is 0.279 e. The Balaban J connectivity index is 2.87. The molecular weight excluding hydrogens is 164 g/mol. The molecule has 0 bridgehead atoms. The van der Waals surface area contributed by atoms with Crippen LogP contribution in [-0.4, -0.2) is 9.55 Å². The summed E-state index contributed by atoms with van der Waals surface area (Å²) in [5.41, 5.74) is 2.25. The highest BCUT2D eigenvalue weighted by Gasteiger charge is 2.06. The molecule has 0 N–H and O–H groups in total. The second-order valence-electron chi connectivity index (χ2n) is 3.18. The van der Waals surface area contributed by atoms with E-state index in [0.29, 0.717) is 5.56 Å². The molecule has 0 spiro atoms. The van der Waals surface area contributed by atoms with Crippen LogP contribution in [0, 0.1) is 6.92 Å². The molecule has 0 saturated heterocycles. The summed E-state index contributed by atoms with van der Waals surface area (Å²) < 4.78 is 1.85. The van der Waals surface area contributed by atoms with Crippen LogP contribution in [0.3, 0.4) is 0 Å². The lowest BCUT2D eigenvalue weighted by Crippen LogP contribution is -2.12. The lowest BCUT2D eigenvalue weighted by atomic mass is 10.1. The Labute approximate surface area is 76.0 Å². The van der Waals surface area contributed by atoms with Crippen molar-refractivity contribution in [2.45, 2.75) is 6.92 Å². The van der Waals surface area contributed by atoms with Gasteiger partial charge in [-0.05, 0) is 24.6 Å². The number of rotatable bonds is 0. The van der Waals surface area contributed by atoms with Crippen LogP contribution in [0.15, 0.2) is 29.3 Å². The van der Waals surface area contributed by atoms with Crippen LogP contribution in [-0.2, 0) is 7.05 Å². The topological polar surface area (TPSA) is 34.9 Å². The third-order valence-electron chi connectivity index (χ3n) is 2.01. The fourth-order valence-electron chi connectivity index (χ4n) is 1.39. The minimum absolute atomic E-state index is 0.147. The minimum Gasteiger partial charge on any atom is -0.356 e.